The average molecular weight is 265 g/mol. The summed E-state index contributed by atoms with van der Waals surface area (Å²) in [6.45, 7) is 4.59. The predicted molar refractivity (Wildman–Crippen MR) is 77.2 cm³/mol. The van der Waals surface area contributed by atoms with Gasteiger partial charge in [-0.05, 0) is 37.5 Å². The molecular formula is C14H23N3S. The lowest BCUT2D eigenvalue weighted by atomic mass is 9.77. The Bertz CT molecular complexity index is 448. The number of nitrogens with zero attached hydrogens (tertiary/aromatic N) is 2. The number of rotatable bonds is 2. The third-order valence-corrected chi connectivity index (χ3v) is 5.72. The van der Waals surface area contributed by atoms with Crippen molar-refractivity contribution in [2.45, 2.75) is 58.0 Å². The minimum Gasteiger partial charge on any atom is -0.348 e. The van der Waals surface area contributed by atoms with Gasteiger partial charge in [0.25, 0.3) is 0 Å². The van der Waals surface area contributed by atoms with Crippen LogP contribution in [0.25, 0.3) is 0 Å². The van der Waals surface area contributed by atoms with Crippen LogP contribution in [-0.2, 0) is 6.42 Å². The SMILES string of the molecule is CN(c1nc2c(s1)C(N)CC(C)(C)C2)C1CCC1. The van der Waals surface area contributed by atoms with E-state index in [0.717, 1.165) is 12.8 Å². The zero-order valence-electron chi connectivity index (χ0n) is 11.6. The molecule has 0 radical (unpaired) electrons. The highest BCUT2D eigenvalue weighted by atomic mass is 32.1. The fraction of sp³-hybridized carbons (Fsp3) is 0.786. The number of aromatic nitrogens is 1. The Labute approximate surface area is 113 Å². The third-order valence-electron chi connectivity index (χ3n) is 4.40. The second-order valence-electron chi connectivity index (χ2n) is 6.65. The van der Waals surface area contributed by atoms with Gasteiger partial charge < -0.3 is 10.6 Å². The molecule has 3 rings (SSSR count). The van der Waals surface area contributed by atoms with Crippen molar-refractivity contribution in [1.29, 1.82) is 0 Å². The van der Waals surface area contributed by atoms with E-state index in [2.05, 4.69) is 25.8 Å². The second-order valence-corrected chi connectivity index (χ2v) is 7.66. The fourth-order valence-corrected chi connectivity index (χ4v) is 4.18. The highest BCUT2D eigenvalue weighted by molar-refractivity contribution is 7.15. The Kier molecular flexibility index (Phi) is 2.90. The maximum Gasteiger partial charge on any atom is 0.185 e. The molecule has 0 amide bonds. The van der Waals surface area contributed by atoms with Crippen LogP contribution >= 0.6 is 11.3 Å². The van der Waals surface area contributed by atoms with Gasteiger partial charge in [-0.1, -0.05) is 25.2 Å². The molecule has 100 valence electrons. The van der Waals surface area contributed by atoms with E-state index in [9.17, 15) is 0 Å². The van der Waals surface area contributed by atoms with Gasteiger partial charge in [0.15, 0.2) is 5.13 Å². The number of thiazole rings is 1. The van der Waals surface area contributed by atoms with Gasteiger partial charge in [-0.25, -0.2) is 4.98 Å². The predicted octanol–water partition coefficient (Wildman–Crippen LogP) is 3.10. The molecule has 2 aliphatic rings. The van der Waals surface area contributed by atoms with Crippen LogP contribution in [0, 0.1) is 5.41 Å². The largest absolute Gasteiger partial charge is 0.348 e. The van der Waals surface area contributed by atoms with Crippen molar-refractivity contribution in [3.63, 3.8) is 0 Å². The van der Waals surface area contributed by atoms with Crippen LogP contribution in [-0.4, -0.2) is 18.1 Å². The van der Waals surface area contributed by atoms with Crippen molar-refractivity contribution >= 4 is 16.5 Å². The van der Waals surface area contributed by atoms with E-state index in [1.807, 2.05) is 11.3 Å². The van der Waals surface area contributed by atoms with E-state index < -0.39 is 0 Å². The van der Waals surface area contributed by atoms with Crippen LogP contribution in [0.3, 0.4) is 0 Å². The van der Waals surface area contributed by atoms with Crippen molar-refractivity contribution in [2.24, 2.45) is 11.1 Å². The monoisotopic (exact) mass is 265 g/mol. The normalized spacial score (nSPS) is 26.6. The first-order valence-electron chi connectivity index (χ1n) is 6.94. The number of hydrogen-bond donors (Lipinski definition) is 1. The topological polar surface area (TPSA) is 42.2 Å². The summed E-state index contributed by atoms with van der Waals surface area (Å²) in [4.78, 5) is 8.56. The molecule has 2 aliphatic carbocycles. The van der Waals surface area contributed by atoms with E-state index in [1.54, 1.807) is 0 Å². The van der Waals surface area contributed by atoms with Gasteiger partial charge >= 0.3 is 0 Å². The molecule has 1 aromatic rings. The molecule has 0 spiro atoms. The van der Waals surface area contributed by atoms with Gasteiger partial charge in [0.2, 0.25) is 0 Å². The van der Waals surface area contributed by atoms with Gasteiger partial charge in [0.1, 0.15) is 0 Å². The smallest absolute Gasteiger partial charge is 0.185 e. The number of hydrogen-bond acceptors (Lipinski definition) is 4. The number of nitrogens with two attached hydrogens (primary N) is 1. The van der Waals surface area contributed by atoms with Crippen LogP contribution in [0.5, 0.6) is 0 Å². The molecule has 0 saturated heterocycles. The van der Waals surface area contributed by atoms with E-state index in [0.29, 0.717) is 11.5 Å². The van der Waals surface area contributed by atoms with Gasteiger partial charge in [0.05, 0.1) is 5.69 Å². The minimum absolute atomic E-state index is 0.185. The van der Waals surface area contributed by atoms with Crippen molar-refractivity contribution in [3.8, 4) is 0 Å². The second kappa shape index (κ2) is 4.20. The zero-order valence-corrected chi connectivity index (χ0v) is 12.4. The average Bonchev–Trinajstić information content (AvgIpc) is 2.56. The van der Waals surface area contributed by atoms with Crippen LogP contribution in [0.15, 0.2) is 0 Å². The number of fused-ring (bicyclic) bond motifs is 1. The molecule has 1 heterocycles. The van der Waals surface area contributed by atoms with Crippen molar-refractivity contribution in [1.82, 2.24) is 4.98 Å². The Morgan fingerprint density at radius 1 is 1.39 bits per heavy atom. The van der Waals surface area contributed by atoms with Crippen LogP contribution in [0.4, 0.5) is 5.13 Å². The lowest BCUT2D eigenvalue weighted by molar-refractivity contribution is 0.282. The Morgan fingerprint density at radius 3 is 2.72 bits per heavy atom. The quantitative estimate of drug-likeness (QED) is 0.893. The van der Waals surface area contributed by atoms with E-state index in [-0.39, 0.29) is 6.04 Å². The molecule has 0 bridgehead atoms. The molecule has 4 heteroatoms. The Balaban J connectivity index is 1.87. The molecule has 1 atom stereocenters. The van der Waals surface area contributed by atoms with Gasteiger partial charge in [-0.3, -0.25) is 0 Å². The lowest BCUT2D eigenvalue weighted by Crippen LogP contribution is -2.37. The first kappa shape index (κ1) is 12.4. The number of anilines is 1. The summed E-state index contributed by atoms with van der Waals surface area (Å²) >= 11 is 1.82. The van der Waals surface area contributed by atoms with Crippen molar-refractivity contribution in [2.75, 3.05) is 11.9 Å². The molecule has 0 aromatic carbocycles. The maximum atomic E-state index is 6.31. The standard InChI is InChI=1S/C14H23N3S/c1-14(2)7-10(15)12-11(8-14)16-13(18-12)17(3)9-5-4-6-9/h9-10H,4-8,15H2,1-3H3. The Hall–Kier alpha value is -0.610. The van der Waals surface area contributed by atoms with E-state index in [4.69, 9.17) is 10.7 Å². The van der Waals surface area contributed by atoms with Gasteiger partial charge in [-0.2, -0.15) is 0 Å². The van der Waals surface area contributed by atoms with Crippen LogP contribution < -0.4 is 10.6 Å². The van der Waals surface area contributed by atoms with Gasteiger partial charge in [-0.15, -0.1) is 0 Å². The molecule has 2 N–H and O–H groups in total. The molecule has 0 aliphatic heterocycles. The Morgan fingerprint density at radius 2 is 2.11 bits per heavy atom. The zero-order chi connectivity index (χ0) is 12.9. The fourth-order valence-electron chi connectivity index (χ4n) is 3.06. The summed E-state index contributed by atoms with van der Waals surface area (Å²) in [5.74, 6) is 0. The first-order chi connectivity index (χ1) is 8.46. The van der Waals surface area contributed by atoms with Crippen LogP contribution in [0.1, 0.15) is 56.1 Å². The molecule has 1 fully saturated rings. The highest BCUT2D eigenvalue weighted by Crippen LogP contribution is 2.44. The summed E-state index contributed by atoms with van der Waals surface area (Å²) in [6.07, 6.45) is 6.16. The summed E-state index contributed by atoms with van der Waals surface area (Å²) in [5, 5.41) is 1.18. The molecule has 18 heavy (non-hydrogen) atoms. The van der Waals surface area contributed by atoms with E-state index >= 15 is 0 Å². The highest BCUT2D eigenvalue weighted by Gasteiger charge is 2.34. The molecule has 1 aromatic heterocycles. The van der Waals surface area contributed by atoms with Crippen molar-refractivity contribution < 1.29 is 0 Å². The summed E-state index contributed by atoms with van der Waals surface area (Å²) < 4.78 is 0. The minimum atomic E-state index is 0.185. The summed E-state index contributed by atoms with van der Waals surface area (Å²) in [6, 6.07) is 0.895. The third kappa shape index (κ3) is 2.05. The molecule has 1 saturated carbocycles. The molecule has 3 nitrogen and oxygen atoms in total. The molecular weight excluding hydrogens is 242 g/mol. The van der Waals surface area contributed by atoms with E-state index in [1.165, 1.54) is 35.0 Å². The summed E-state index contributed by atoms with van der Waals surface area (Å²) in [7, 11) is 2.19. The lowest BCUT2D eigenvalue weighted by Gasteiger charge is -2.34. The first-order valence-corrected chi connectivity index (χ1v) is 7.76. The maximum absolute atomic E-state index is 6.31. The van der Waals surface area contributed by atoms with Crippen LogP contribution in [0.2, 0.25) is 0 Å². The summed E-state index contributed by atoms with van der Waals surface area (Å²) in [5.41, 5.74) is 7.86. The molecule has 1 unspecified atom stereocenters. The van der Waals surface area contributed by atoms with Gasteiger partial charge in [0, 0.05) is 24.0 Å². The van der Waals surface area contributed by atoms with Crippen molar-refractivity contribution in [3.05, 3.63) is 10.6 Å².